The molecule has 2 aromatic rings. The zero-order valence-corrected chi connectivity index (χ0v) is 19.4. The van der Waals surface area contributed by atoms with E-state index in [0.29, 0.717) is 0 Å². The second kappa shape index (κ2) is 8.01. The molecule has 0 bridgehead atoms. The van der Waals surface area contributed by atoms with Gasteiger partial charge in [-0.15, -0.1) is 14.0 Å². The quantitative estimate of drug-likeness (QED) is 0.408. The number of nitrogens with one attached hydrogen (secondary N) is 1. The number of hydrogen-bond donors (Lipinski definition) is 1. The largest absolute Gasteiger partial charge is 0.264 e. The summed E-state index contributed by atoms with van der Waals surface area (Å²) in [5.74, 6) is 0. The monoisotopic (exact) mass is 504 g/mol. The van der Waals surface area contributed by atoms with Crippen molar-refractivity contribution in [3.8, 4) is 0 Å². The normalized spacial score (nSPS) is 23.8. The van der Waals surface area contributed by atoms with Crippen LogP contribution < -0.4 is 5.30 Å². The average molecular weight is 504 g/mol. The van der Waals surface area contributed by atoms with Gasteiger partial charge in [0.15, 0.2) is 10.8 Å². The first-order valence-electron chi connectivity index (χ1n) is 10.9. The molecule has 0 amide bonds. The fourth-order valence-electron chi connectivity index (χ4n) is 5.03. The van der Waals surface area contributed by atoms with Crippen molar-refractivity contribution < 1.29 is 25.2 Å². The molecule has 0 spiro atoms. The van der Waals surface area contributed by atoms with Gasteiger partial charge in [-0.25, -0.2) is 0 Å². The van der Waals surface area contributed by atoms with Crippen LogP contribution in [0.15, 0.2) is 18.2 Å². The van der Waals surface area contributed by atoms with Crippen molar-refractivity contribution in [1.29, 1.82) is 0 Å². The van der Waals surface area contributed by atoms with Gasteiger partial charge in [0.25, 0.3) is 7.71 Å². The van der Waals surface area contributed by atoms with Crippen molar-refractivity contribution in [2.75, 3.05) is 39.3 Å². The Morgan fingerprint density at radius 1 is 0.688 bits per heavy atom. The molecule has 0 atom stereocenters. The number of aromatic amines is 1. The topological polar surface area (TPSA) is 51.3 Å². The van der Waals surface area contributed by atoms with Crippen molar-refractivity contribution in [2.45, 2.75) is 38.5 Å². The number of halogens is 6. The number of benzene rings is 1. The summed E-state index contributed by atoms with van der Waals surface area (Å²) in [4.78, 5) is 0. The van der Waals surface area contributed by atoms with E-state index in [0.717, 1.165) is 11.0 Å². The molecule has 182 valence electrons. The molecule has 32 heavy (non-hydrogen) atoms. The average Bonchev–Trinajstić information content (AvgIpc) is 3.48. The van der Waals surface area contributed by atoms with E-state index in [1.54, 1.807) is 0 Å². The third-order valence-electron chi connectivity index (χ3n) is 6.08. The molecule has 3 fully saturated rings. The Balaban J connectivity index is 0.000000307. The van der Waals surface area contributed by atoms with Crippen LogP contribution in [0.25, 0.3) is 11.0 Å². The van der Waals surface area contributed by atoms with Crippen molar-refractivity contribution in [1.82, 2.24) is 29.4 Å². The molecule has 3 saturated heterocycles. The molecule has 4 heterocycles. The van der Waals surface area contributed by atoms with Gasteiger partial charge in [0.05, 0.1) is 0 Å². The van der Waals surface area contributed by atoms with Crippen molar-refractivity contribution in [2.24, 2.45) is 0 Å². The van der Waals surface area contributed by atoms with Crippen molar-refractivity contribution in [3.63, 3.8) is 0 Å². The van der Waals surface area contributed by atoms with Crippen LogP contribution in [0.5, 0.6) is 0 Å². The Morgan fingerprint density at radius 2 is 1.09 bits per heavy atom. The van der Waals surface area contributed by atoms with Crippen LogP contribution in [-0.4, -0.2) is 68.7 Å². The number of nitrogens with zero attached hydrogens (tertiary/aromatic N) is 5. The number of rotatable bonds is 4. The van der Waals surface area contributed by atoms with Gasteiger partial charge >= 0.3 is 33.0 Å². The molecular weight excluding hydrogens is 476 g/mol. The van der Waals surface area contributed by atoms with Crippen LogP contribution in [0.2, 0.25) is 0 Å². The first kappa shape index (κ1) is 24.1. The predicted octanol–water partition coefficient (Wildman–Crippen LogP) is 6.02. The second-order valence-corrected chi connectivity index (χ2v) is 13.7. The Bertz CT molecular complexity index is 882. The summed E-state index contributed by atoms with van der Waals surface area (Å²) in [6.07, 6.45) is 7.99. The van der Waals surface area contributed by atoms with Gasteiger partial charge in [0, 0.05) is 39.3 Å². The zero-order chi connectivity index (χ0) is 23.1. The fraction of sp³-hybridized carbons (Fsp3) is 0.667. The van der Waals surface area contributed by atoms with Crippen LogP contribution in [-0.2, 0) is 0 Å². The minimum absolute atomic E-state index is 1.01. The Kier molecular flexibility index (Phi) is 6.03. The summed E-state index contributed by atoms with van der Waals surface area (Å²) >= 11 is 0. The summed E-state index contributed by atoms with van der Waals surface area (Å²) in [7, 11) is -12.4. The van der Waals surface area contributed by atoms with Gasteiger partial charge in [-0.2, -0.15) is 15.4 Å². The van der Waals surface area contributed by atoms with Gasteiger partial charge in [-0.3, -0.25) is 0 Å². The van der Waals surface area contributed by atoms with Crippen LogP contribution in [0, 0.1) is 0 Å². The maximum Gasteiger partial charge on any atom is 0.264 e. The second-order valence-electron chi connectivity index (χ2n) is 8.48. The first-order chi connectivity index (χ1) is 14.9. The van der Waals surface area contributed by atoms with E-state index in [-0.39, 0.29) is 0 Å². The van der Waals surface area contributed by atoms with E-state index in [9.17, 15) is 25.2 Å². The number of hydrogen-bond acceptors (Lipinski definition) is 5. The molecule has 3 aliphatic heterocycles. The molecule has 14 heteroatoms. The molecule has 0 saturated carbocycles. The van der Waals surface area contributed by atoms with E-state index in [1.807, 2.05) is 0 Å². The summed E-state index contributed by atoms with van der Waals surface area (Å²) in [5.41, 5.74) is 2.11. The predicted molar refractivity (Wildman–Crippen MR) is 116 cm³/mol. The number of H-pyrrole nitrogens is 1. The molecule has 0 aliphatic carbocycles. The summed E-state index contributed by atoms with van der Waals surface area (Å²) in [6.45, 7) is 7.39. The van der Waals surface area contributed by atoms with E-state index in [4.69, 9.17) is 0 Å². The fourth-order valence-corrected chi connectivity index (χ4v) is 10.3. The van der Waals surface area contributed by atoms with E-state index in [2.05, 4.69) is 47.6 Å². The summed E-state index contributed by atoms with van der Waals surface area (Å²) < 4.78 is 67.8. The smallest absolute Gasteiger partial charge is 0.197 e. The minimum Gasteiger partial charge on any atom is -0.197 e. The Morgan fingerprint density at radius 3 is 1.50 bits per heavy atom. The Hall–Kier alpha value is -1.06. The Labute approximate surface area is 183 Å². The van der Waals surface area contributed by atoms with E-state index < -0.39 is 15.5 Å². The molecule has 3 aliphatic rings. The molecule has 0 unspecified atom stereocenters. The van der Waals surface area contributed by atoms with Gasteiger partial charge < -0.3 is 0 Å². The third-order valence-corrected chi connectivity index (χ3v) is 10.7. The number of aromatic nitrogens is 3. The van der Waals surface area contributed by atoms with Crippen LogP contribution in [0.4, 0.5) is 25.2 Å². The van der Waals surface area contributed by atoms with Crippen molar-refractivity contribution in [3.05, 3.63) is 18.2 Å². The SMILES string of the molecule is F[P-](F)(F)(F)(F)F.c1cc([P+](N2CCCC2)(N2CCCC2)N2CCCC2)c2n[nH]nc2c1. The maximum absolute atomic E-state index is 10.7. The molecule has 6 nitrogen and oxygen atoms in total. The molecular formula is C18H28F6N6P2. The molecule has 5 rings (SSSR count). The zero-order valence-electron chi connectivity index (χ0n) is 17.6. The maximum atomic E-state index is 9.87. The summed E-state index contributed by atoms with van der Waals surface area (Å²) in [6, 6.07) is 6.64. The molecule has 1 aromatic heterocycles. The third kappa shape index (κ3) is 5.53. The van der Waals surface area contributed by atoms with Gasteiger partial charge in [-0.1, -0.05) is 6.07 Å². The molecule has 0 radical (unpaired) electrons. The molecule has 1 N–H and O–H groups in total. The van der Waals surface area contributed by atoms with Crippen molar-refractivity contribution >= 4 is 31.9 Å². The van der Waals surface area contributed by atoms with Gasteiger partial charge in [0.2, 0.25) is 0 Å². The van der Waals surface area contributed by atoms with E-state index >= 15 is 0 Å². The van der Waals surface area contributed by atoms with Crippen LogP contribution in [0.3, 0.4) is 0 Å². The standard InChI is InChI=1S/C18H28N6P.F6P/c1-2-11-22(10-1)25(23-12-3-4-13-23,24-14-5-6-15-24)17-9-7-8-16-18(17)20-21-19-16;1-7(2,3,4,5)6/h7-9H,1-6,10-15H2,(H,19,20,21);/q+1;-1. The number of para-hydroxylation sites is 1. The minimum atomic E-state index is -10.7. The van der Waals surface area contributed by atoms with E-state index in [1.165, 1.54) is 83.1 Å². The number of fused-ring (bicyclic) bond motifs is 1. The van der Waals surface area contributed by atoms with Crippen LogP contribution >= 0.6 is 15.5 Å². The molecule has 1 aromatic carbocycles. The van der Waals surface area contributed by atoms with Gasteiger partial charge in [0.1, 0.15) is 5.52 Å². The van der Waals surface area contributed by atoms with Crippen LogP contribution in [0.1, 0.15) is 38.5 Å². The summed E-state index contributed by atoms with van der Waals surface area (Å²) in [5, 5.41) is 13.3. The first-order valence-corrected chi connectivity index (χ1v) is 14.5. The van der Waals surface area contributed by atoms with Gasteiger partial charge in [-0.05, 0) is 50.7 Å².